The maximum atomic E-state index is 10.5. The van der Waals surface area contributed by atoms with Gasteiger partial charge in [0.25, 0.3) is 0 Å². The normalized spacial score (nSPS) is 10.6. The van der Waals surface area contributed by atoms with Crippen molar-refractivity contribution in [3.05, 3.63) is 12.2 Å². The van der Waals surface area contributed by atoms with Gasteiger partial charge >= 0.3 is 0 Å². The van der Waals surface area contributed by atoms with E-state index in [1.54, 1.807) is 0 Å². The summed E-state index contributed by atoms with van der Waals surface area (Å²) in [7, 11) is 0. The number of allylic oxidation sites excluding steroid dienone is 2. The lowest BCUT2D eigenvalue weighted by molar-refractivity contribution is -0.118. The largest absolute Gasteiger partial charge is 0.395 e. The minimum atomic E-state index is -0.164. The van der Waals surface area contributed by atoms with Crippen LogP contribution in [0.4, 0.5) is 0 Å². The smallest absolute Gasteiger partial charge is 0.217 e. The zero-order chi connectivity index (χ0) is 18.3. The molecule has 144 valence electrons. The van der Waals surface area contributed by atoms with Crippen molar-refractivity contribution in [3.8, 4) is 0 Å². The molecule has 4 nitrogen and oxygen atoms in total. The number of primary amides is 1. The second-order valence-electron chi connectivity index (χ2n) is 6.31. The summed E-state index contributed by atoms with van der Waals surface area (Å²) in [5.74, 6) is -0.164. The molecule has 0 atom stereocenters. The Morgan fingerprint density at radius 2 is 1.25 bits per heavy atom. The average molecular weight is 343 g/mol. The molecule has 0 radical (unpaired) electrons. The molecule has 0 saturated carbocycles. The molecule has 0 aromatic rings. The predicted molar refractivity (Wildman–Crippen MR) is 105 cm³/mol. The molecule has 0 aliphatic rings. The van der Waals surface area contributed by atoms with Crippen LogP contribution in [0, 0.1) is 0 Å². The van der Waals surface area contributed by atoms with E-state index >= 15 is 0 Å². The lowest BCUT2D eigenvalue weighted by Gasteiger charge is -1.99. The minimum Gasteiger partial charge on any atom is -0.395 e. The highest BCUT2D eigenvalue weighted by Gasteiger charge is 1.94. The molecule has 0 heterocycles. The number of hydrogen-bond donors (Lipinski definition) is 3. The molecule has 0 fully saturated rings. The second-order valence-corrected chi connectivity index (χ2v) is 6.31. The second kappa shape index (κ2) is 24.4. The van der Waals surface area contributed by atoms with Crippen molar-refractivity contribution in [1.29, 1.82) is 0 Å². The fourth-order valence-corrected chi connectivity index (χ4v) is 2.37. The van der Waals surface area contributed by atoms with E-state index in [1.165, 1.54) is 70.6 Å². The van der Waals surface area contributed by atoms with Gasteiger partial charge in [0, 0.05) is 13.0 Å². The van der Waals surface area contributed by atoms with Crippen molar-refractivity contribution in [3.63, 3.8) is 0 Å². The van der Waals surface area contributed by atoms with E-state index < -0.39 is 0 Å². The molecule has 0 unspecified atom stereocenters. The molecule has 4 heteroatoms. The van der Waals surface area contributed by atoms with Crippen molar-refractivity contribution < 1.29 is 9.90 Å². The molecular weight excluding hydrogens is 300 g/mol. The summed E-state index contributed by atoms with van der Waals surface area (Å²) in [5.41, 5.74) is 9.88. The van der Waals surface area contributed by atoms with Gasteiger partial charge in [-0.3, -0.25) is 4.79 Å². The Balaban J connectivity index is 0. The number of carbonyl (C=O) groups is 1. The van der Waals surface area contributed by atoms with Gasteiger partial charge in [-0.05, 0) is 32.1 Å². The zero-order valence-electron chi connectivity index (χ0n) is 16.0. The first kappa shape index (κ1) is 25.4. The van der Waals surface area contributed by atoms with Gasteiger partial charge in [-0.2, -0.15) is 0 Å². The standard InChI is InChI=1S/C18H35NO.C2H7NO/c1-2-3-4-5-6-7-8-9-10-11-12-13-14-15-16-17-18(19)20;3-1-2-4/h9-10H,2-8,11-17H2,1H3,(H2,19,20);4H,1-3H2. The first-order valence-electron chi connectivity index (χ1n) is 9.93. The van der Waals surface area contributed by atoms with E-state index in [2.05, 4.69) is 19.1 Å². The van der Waals surface area contributed by atoms with Crippen LogP contribution >= 0.6 is 0 Å². The third-order valence-corrected chi connectivity index (χ3v) is 3.81. The van der Waals surface area contributed by atoms with Crippen molar-refractivity contribution in [2.45, 2.75) is 96.8 Å². The number of hydrogen-bond acceptors (Lipinski definition) is 3. The first-order valence-corrected chi connectivity index (χ1v) is 9.93. The third-order valence-electron chi connectivity index (χ3n) is 3.81. The van der Waals surface area contributed by atoms with Gasteiger partial charge in [-0.1, -0.05) is 70.4 Å². The van der Waals surface area contributed by atoms with Gasteiger partial charge < -0.3 is 16.6 Å². The number of aliphatic hydroxyl groups excluding tert-OH is 1. The SMILES string of the molecule is CCCCCCCCC=CCCCCCCCC(N)=O.NCCO. The van der Waals surface area contributed by atoms with Crippen LogP contribution in [0.15, 0.2) is 12.2 Å². The Kier molecular flexibility index (Phi) is 25.8. The van der Waals surface area contributed by atoms with Crippen LogP contribution in [0.2, 0.25) is 0 Å². The number of aliphatic hydroxyl groups is 1. The molecule has 0 bridgehead atoms. The van der Waals surface area contributed by atoms with Crippen molar-refractivity contribution in [2.24, 2.45) is 11.5 Å². The predicted octanol–water partition coefficient (Wildman–Crippen LogP) is 4.45. The summed E-state index contributed by atoms with van der Waals surface area (Å²) < 4.78 is 0. The number of rotatable bonds is 16. The molecule has 0 aliphatic heterocycles. The fraction of sp³-hybridized carbons (Fsp3) is 0.850. The van der Waals surface area contributed by atoms with Gasteiger partial charge in [-0.25, -0.2) is 0 Å². The molecular formula is C20H42N2O2. The molecule has 0 aromatic carbocycles. The molecule has 0 aliphatic carbocycles. The van der Waals surface area contributed by atoms with Crippen molar-refractivity contribution >= 4 is 5.91 Å². The highest BCUT2D eigenvalue weighted by Crippen LogP contribution is 2.09. The molecule has 0 rings (SSSR count). The van der Waals surface area contributed by atoms with E-state index in [9.17, 15) is 4.79 Å². The van der Waals surface area contributed by atoms with E-state index in [0.29, 0.717) is 13.0 Å². The monoisotopic (exact) mass is 342 g/mol. The van der Waals surface area contributed by atoms with Crippen LogP contribution in [0.5, 0.6) is 0 Å². The fourth-order valence-electron chi connectivity index (χ4n) is 2.37. The number of carbonyl (C=O) groups excluding carboxylic acids is 1. The van der Waals surface area contributed by atoms with Gasteiger partial charge in [0.15, 0.2) is 0 Å². The number of unbranched alkanes of at least 4 members (excludes halogenated alkanes) is 11. The lowest BCUT2D eigenvalue weighted by atomic mass is 10.1. The Bertz CT molecular complexity index is 266. The molecule has 0 saturated heterocycles. The molecule has 0 spiro atoms. The van der Waals surface area contributed by atoms with Crippen LogP contribution in [-0.2, 0) is 4.79 Å². The number of amides is 1. The summed E-state index contributed by atoms with van der Waals surface area (Å²) in [6.07, 6.45) is 21.9. The van der Waals surface area contributed by atoms with E-state index in [4.69, 9.17) is 16.6 Å². The van der Waals surface area contributed by atoms with E-state index in [-0.39, 0.29) is 12.5 Å². The average Bonchev–Trinajstić information content (AvgIpc) is 2.58. The summed E-state index contributed by atoms with van der Waals surface area (Å²) in [5, 5.41) is 7.75. The summed E-state index contributed by atoms with van der Waals surface area (Å²) in [6, 6.07) is 0. The summed E-state index contributed by atoms with van der Waals surface area (Å²) >= 11 is 0. The Morgan fingerprint density at radius 3 is 1.67 bits per heavy atom. The minimum absolute atomic E-state index is 0.0972. The van der Waals surface area contributed by atoms with Gasteiger partial charge in [0.1, 0.15) is 0 Å². The van der Waals surface area contributed by atoms with E-state index in [1.807, 2.05) is 0 Å². The topological polar surface area (TPSA) is 89.3 Å². The van der Waals surface area contributed by atoms with Gasteiger partial charge in [0.2, 0.25) is 5.91 Å². The first-order chi connectivity index (χ1) is 11.7. The highest BCUT2D eigenvalue weighted by atomic mass is 16.3. The highest BCUT2D eigenvalue weighted by molar-refractivity contribution is 5.73. The molecule has 24 heavy (non-hydrogen) atoms. The van der Waals surface area contributed by atoms with Gasteiger partial charge in [-0.15, -0.1) is 0 Å². The zero-order valence-corrected chi connectivity index (χ0v) is 16.0. The summed E-state index contributed by atoms with van der Waals surface area (Å²) in [4.78, 5) is 10.5. The maximum Gasteiger partial charge on any atom is 0.217 e. The lowest BCUT2D eigenvalue weighted by Crippen LogP contribution is -2.09. The van der Waals surface area contributed by atoms with Crippen LogP contribution in [-0.4, -0.2) is 24.2 Å². The Labute approximate surface area is 150 Å². The van der Waals surface area contributed by atoms with Crippen molar-refractivity contribution in [2.75, 3.05) is 13.2 Å². The molecule has 5 N–H and O–H groups in total. The van der Waals surface area contributed by atoms with E-state index in [0.717, 1.165) is 12.8 Å². The Hall–Kier alpha value is -0.870. The van der Waals surface area contributed by atoms with Gasteiger partial charge in [0.05, 0.1) is 6.61 Å². The Morgan fingerprint density at radius 1 is 0.833 bits per heavy atom. The van der Waals surface area contributed by atoms with Crippen LogP contribution in [0.3, 0.4) is 0 Å². The van der Waals surface area contributed by atoms with Crippen LogP contribution in [0.1, 0.15) is 96.8 Å². The van der Waals surface area contributed by atoms with Crippen LogP contribution < -0.4 is 11.5 Å². The van der Waals surface area contributed by atoms with Crippen molar-refractivity contribution in [1.82, 2.24) is 0 Å². The maximum absolute atomic E-state index is 10.5. The molecule has 0 aromatic heterocycles. The number of nitrogens with two attached hydrogens (primary N) is 2. The third kappa shape index (κ3) is 29.2. The molecule has 1 amide bonds. The summed E-state index contributed by atoms with van der Waals surface area (Å²) in [6.45, 7) is 2.74. The van der Waals surface area contributed by atoms with Crippen LogP contribution in [0.25, 0.3) is 0 Å². The quantitative estimate of drug-likeness (QED) is 0.286.